The van der Waals surface area contributed by atoms with E-state index < -0.39 is 0 Å². The van der Waals surface area contributed by atoms with Crippen molar-refractivity contribution in [3.05, 3.63) is 125 Å². The molecule has 4 saturated carbocycles. The molecule has 2 heteroatoms. The van der Waals surface area contributed by atoms with Gasteiger partial charge in [-0.1, -0.05) is 81.3 Å². The first kappa shape index (κ1) is 28.5. The average Bonchev–Trinajstić information content (AvgIpc) is 4.00. The Labute approximate surface area is 290 Å². The molecule has 0 saturated heterocycles. The van der Waals surface area contributed by atoms with E-state index in [4.69, 9.17) is 4.42 Å². The van der Waals surface area contributed by atoms with Crippen LogP contribution in [0.5, 0.6) is 0 Å². The molecule has 49 heavy (non-hydrogen) atoms. The summed E-state index contributed by atoms with van der Waals surface area (Å²) in [6, 6.07) is 39.6. The molecule has 0 N–H and O–H groups in total. The van der Waals surface area contributed by atoms with Crippen molar-refractivity contribution < 1.29 is 4.42 Å². The van der Waals surface area contributed by atoms with Crippen LogP contribution in [0, 0.1) is 23.7 Å². The maximum Gasteiger partial charge on any atom is 0.140 e. The van der Waals surface area contributed by atoms with E-state index >= 15 is 0 Å². The van der Waals surface area contributed by atoms with Crippen LogP contribution in [0.15, 0.2) is 108 Å². The van der Waals surface area contributed by atoms with Gasteiger partial charge in [0.2, 0.25) is 0 Å². The van der Waals surface area contributed by atoms with Crippen molar-refractivity contribution in [2.75, 3.05) is 4.90 Å². The standard InChI is InChI=1S/C47H45NO/c1-47(2)43-27-36(19-20-37(43)39-21-22-40-38-5-3-4-6-44(38)49-46(40)45(39)47)48(34-15-11-30(12-16-34)41-25-28-7-9-32(41)23-28)35-17-13-31(14-18-35)42-26-29-8-10-33(42)24-29/h3-6,11-22,27-29,32-33,41-42H,7-10,23-26H2,1-2H3. The Morgan fingerprint density at radius 1 is 0.571 bits per heavy atom. The first-order chi connectivity index (χ1) is 24.0. The Kier molecular flexibility index (Phi) is 6.03. The van der Waals surface area contributed by atoms with Gasteiger partial charge in [0.05, 0.1) is 0 Å². The van der Waals surface area contributed by atoms with Crippen LogP contribution in [-0.2, 0) is 5.41 Å². The molecule has 5 aliphatic rings. The summed E-state index contributed by atoms with van der Waals surface area (Å²) < 4.78 is 6.61. The molecule has 6 unspecified atom stereocenters. The summed E-state index contributed by atoms with van der Waals surface area (Å²) in [7, 11) is 0. The van der Waals surface area contributed by atoms with E-state index in [1.807, 2.05) is 0 Å². The number of hydrogen-bond donors (Lipinski definition) is 0. The Morgan fingerprint density at radius 3 is 1.76 bits per heavy atom. The number of hydrogen-bond acceptors (Lipinski definition) is 2. The van der Waals surface area contributed by atoms with Gasteiger partial charge < -0.3 is 9.32 Å². The number of anilines is 3. The first-order valence-electron chi connectivity index (χ1n) is 19.1. The zero-order valence-corrected chi connectivity index (χ0v) is 28.8. The molecule has 244 valence electrons. The average molecular weight is 640 g/mol. The van der Waals surface area contributed by atoms with Crippen molar-refractivity contribution in [2.45, 2.75) is 82.5 Å². The molecule has 1 heterocycles. The SMILES string of the molecule is CC1(C)c2cc(N(c3ccc(C4CC5CCC4C5)cc3)c3ccc(C4CC5CCC4C5)cc3)ccc2-c2ccc3c(oc4ccccc43)c21. The van der Waals surface area contributed by atoms with Crippen molar-refractivity contribution in [1.82, 2.24) is 0 Å². The number of rotatable bonds is 5. The maximum absolute atomic E-state index is 6.61. The predicted octanol–water partition coefficient (Wildman–Crippen LogP) is 13.2. The van der Waals surface area contributed by atoms with E-state index in [0.717, 1.165) is 46.7 Å². The summed E-state index contributed by atoms with van der Waals surface area (Å²) in [4.78, 5) is 2.51. The van der Waals surface area contributed by atoms with Gasteiger partial charge in [-0.15, -0.1) is 0 Å². The number of furan rings is 1. The first-order valence-corrected chi connectivity index (χ1v) is 19.1. The molecular formula is C47H45NO. The smallest absolute Gasteiger partial charge is 0.140 e. The highest BCUT2D eigenvalue weighted by molar-refractivity contribution is 6.09. The molecule has 6 aromatic rings. The lowest BCUT2D eigenvalue weighted by Crippen LogP contribution is -2.17. The van der Waals surface area contributed by atoms with Gasteiger partial charge in [-0.2, -0.15) is 0 Å². The van der Waals surface area contributed by atoms with Crippen molar-refractivity contribution >= 4 is 39.0 Å². The van der Waals surface area contributed by atoms with Gasteiger partial charge in [0.1, 0.15) is 11.2 Å². The summed E-state index contributed by atoms with van der Waals surface area (Å²) in [5.41, 5.74) is 13.9. The quantitative estimate of drug-likeness (QED) is 0.187. The number of benzene rings is 5. The second-order valence-electron chi connectivity index (χ2n) is 16.9. The van der Waals surface area contributed by atoms with E-state index in [-0.39, 0.29) is 5.41 Å². The van der Waals surface area contributed by atoms with Crippen molar-refractivity contribution in [1.29, 1.82) is 0 Å². The Hall–Kier alpha value is -4.30. The lowest BCUT2D eigenvalue weighted by Gasteiger charge is -2.29. The zero-order valence-electron chi connectivity index (χ0n) is 28.8. The molecule has 5 aromatic carbocycles. The van der Waals surface area contributed by atoms with Gasteiger partial charge in [0.15, 0.2) is 0 Å². The molecule has 4 fully saturated rings. The molecule has 11 rings (SSSR count). The van der Waals surface area contributed by atoms with Crippen LogP contribution in [0.3, 0.4) is 0 Å². The lowest BCUT2D eigenvalue weighted by molar-refractivity contribution is 0.420. The summed E-state index contributed by atoms with van der Waals surface area (Å²) >= 11 is 0. The van der Waals surface area contributed by atoms with Gasteiger partial charge >= 0.3 is 0 Å². The van der Waals surface area contributed by atoms with E-state index in [1.165, 1.54) is 101 Å². The minimum atomic E-state index is -0.197. The molecule has 2 nitrogen and oxygen atoms in total. The van der Waals surface area contributed by atoms with Crippen LogP contribution in [0.4, 0.5) is 17.1 Å². The normalized spacial score (nSPS) is 27.3. The van der Waals surface area contributed by atoms with Crippen LogP contribution in [0.25, 0.3) is 33.1 Å². The largest absolute Gasteiger partial charge is 0.456 e. The summed E-state index contributed by atoms with van der Waals surface area (Å²) in [6.45, 7) is 4.76. The highest BCUT2D eigenvalue weighted by atomic mass is 16.3. The molecule has 0 radical (unpaired) electrons. The molecule has 4 bridgehead atoms. The van der Waals surface area contributed by atoms with Gasteiger partial charge in [-0.25, -0.2) is 0 Å². The van der Waals surface area contributed by atoms with Crippen LogP contribution in [-0.4, -0.2) is 0 Å². The fourth-order valence-corrected chi connectivity index (χ4v) is 11.7. The second-order valence-corrected chi connectivity index (χ2v) is 16.9. The maximum atomic E-state index is 6.61. The summed E-state index contributed by atoms with van der Waals surface area (Å²) in [6.07, 6.45) is 11.4. The predicted molar refractivity (Wildman–Crippen MR) is 202 cm³/mol. The van der Waals surface area contributed by atoms with Crippen molar-refractivity contribution in [3.63, 3.8) is 0 Å². The van der Waals surface area contributed by atoms with Crippen molar-refractivity contribution in [3.8, 4) is 11.1 Å². The van der Waals surface area contributed by atoms with Crippen LogP contribution in [0.1, 0.15) is 99.3 Å². The fraction of sp³-hybridized carbons (Fsp3) is 0.362. The third-order valence-corrected chi connectivity index (χ3v) is 14.0. The van der Waals surface area contributed by atoms with Gasteiger partial charge in [0, 0.05) is 38.8 Å². The Bertz CT molecular complexity index is 2180. The summed E-state index contributed by atoms with van der Waals surface area (Å²) in [5.74, 6) is 5.19. The monoisotopic (exact) mass is 639 g/mol. The highest BCUT2D eigenvalue weighted by Gasteiger charge is 2.42. The molecule has 1 aromatic heterocycles. The highest BCUT2D eigenvalue weighted by Crippen LogP contribution is 2.56. The number of nitrogens with zero attached hydrogens (tertiary/aromatic N) is 1. The second kappa shape index (κ2) is 10.4. The minimum absolute atomic E-state index is 0.197. The third-order valence-electron chi connectivity index (χ3n) is 14.0. The van der Waals surface area contributed by atoms with Gasteiger partial charge in [-0.05, 0) is 150 Å². The zero-order chi connectivity index (χ0) is 32.4. The molecular weight excluding hydrogens is 595 g/mol. The van der Waals surface area contributed by atoms with Crippen LogP contribution < -0.4 is 4.90 Å². The molecule has 0 spiro atoms. The molecule has 6 atom stereocenters. The van der Waals surface area contributed by atoms with Gasteiger partial charge in [-0.3, -0.25) is 0 Å². The van der Waals surface area contributed by atoms with Crippen LogP contribution >= 0.6 is 0 Å². The van der Waals surface area contributed by atoms with E-state index in [9.17, 15) is 0 Å². The molecule has 0 aliphatic heterocycles. The van der Waals surface area contributed by atoms with E-state index in [2.05, 4.69) is 122 Å². The molecule has 0 amide bonds. The topological polar surface area (TPSA) is 16.4 Å². The minimum Gasteiger partial charge on any atom is -0.456 e. The van der Waals surface area contributed by atoms with Gasteiger partial charge in [0.25, 0.3) is 0 Å². The number of para-hydroxylation sites is 1. The Morgan fingerprint density at radius 2 is 1.16 bits per heavy atom. The molecule has 5 aliphatic carbocycles. The third kappa shape index (κ3) is 4.19. The summed E-state index contributed by atoms with van der Waals surface area (Å²) in [5, 5.41) is 2.41. The Balaban J connectivity index is 1.01. The number of fused-ring (bicyclic) bond motifs is 11. The van der Waals surface area contributed by atoms with Crippen LogP contribution in [0.2, 0.25) is 0 Å². The van der Waals surface area contributed by atoms with E-state index in [0.29, 0.717) is 0 Å². The van der Waals surface area contributed by atoms with Crippen molar-refractivity contribution in [2.24, 2.45) is 23.7 Å². The lowest BCUT2D eigenvalue weighted by atomic mass is 9.81. The van der Waals surface area contributed by atoms with E-state index in [1.54, 1.807) is 11.1 Å². The fourth-order valence-electron chi connectivity index (χ4n) is 11.7.